The van der Waals surface area contributed by atoms with Crippen LogP contribution in [-0.4, -0.2) is 33.8 Å². The van der Waals surface area contributed by atoms with Gasteiger partial charge in [-0.05, 0) is 25.7 Å². The van der Waals surface area contributed by atoms with E-state index in [0.717, 1.165) is 43.5 Å². The molecule has 0 saturated heterocycles. The van der Waals surface area contributed by atoms with E-state index in [9.17, 15) is 0 Å². The molecule has 1 heterocycles. The Morgan fingerprint density at radius 2 is 1.91 bits per heavy atom. The van der Waals surface area contributed by atoms with Crippen LogP contribution in [0.1, 0.15) is 51.7 Å². The van der Waals surface area contributed by atoms with E-state index < -0.39 is 0 Å². The maximum absolute atomic E-state index is 4.61. The summed E-state index contributed by atoms with van der Waals surface area (Å²) in [5, 5.41) is 15.0. The molecule has 0 fully saturated rings. The molecule has 1 rings (SSSR count). The Bertz CT molecular complexity index is 441. The maximum atomic E-state index is 4.61. The number of nitrogens with one attached hydrogen (secondary N) is 2. The van der Waals surface area contributed by atoms with Gasteiger partial charge < -0.3 is 15.2 Å². The summed E-state index contributed by atoms with van der Waals surface area (Å²) in [4.78, 5) is 4.61. The zero-order valence-corrected chi connectivity index (χ0v) is 16.8. The second-order valence-electron chi connectivity index (χ2n) is 5.78. The number of halogens is 1. The normalized spacial score (nSPS) is 11.5. The molecule has 1 aromatic heterocycles. The van der Waals surface area contributed by atoms with Crippen LogP contribution in [0.15, 0.2) is 4.99 Å². The average molecular weight is 422 g/mol. The lowest BCUT2D eigenvalue weighted by molar-refractivity contribution is 0.572. The van der Waals surface area contributed by atoms with Crippen molar-refractivity contribution in [3.05, 3.63) is 11.6 Å². The van der Waals surface area contributed by atoms with Crippen molar-refractivity contribution in [3.63, 3.8) is 0 Å². The fourth-order valence-electron chi connectivity index (χ4n) is 1.78. The Kier molecular flexibility index (Phi) is 11.2. The highest BCUT2D eigenvalue weighted by Crippen LogP contribution is 2.00. The van der Waals surface area contributed by atoms with E-state index in [1.807, 2.05) is 18.5 Å². The van der Waals surface area contributed by atoms with Crippen molar-refractivity contribution < 1.29 is 0 Å². The third kappa shape index (κ3) is 7.95. The zero-order valence-electron chi connectivity index (χ0n) is 14.5. The van der Waals surface area contributed by atoms with Crippen molar-refractivity contribution in [2.24, 2.45) is 18.0 Å². The molecule has 0 aliphatic heterocycles. The van der Waals surface area contributed by atoms with Gasteiger partial charge in [-0.3, -0.25) is 0 Å². The lowest BCUT2D eigenvalue weighted by atomic mass is 10.1. The highest BCUT2D eigenvalue weighted by atomic mass is 127. The molecular weight excluding hydrogens is 391 g/mol. The first-order chi connectivity index (χ1) is 10.0. The molecule has 0 saturated carbocycles. The van der Waals surface area contributed by atoms with Gasteiger partial charge in [0.25, 0.3) is 0 Å². The second-order valence-corrected chi connectivity index (χ2v) is 5.78. The van der Waals surface area contributed by atoms with Crippen molar-refractivity contribution in [1.29, 1.82) is 0 Å². The van der Waals surface area contributed by atoms with Crippen molar-refractivity contribution in [3.8, 4) is 0 Å². The van der Waals surface area contributed by atoms with Crippen LogP contribution >= 0.6 is 24.0 Å². The van der Waals surface area contributed by atoms with Crippen LogP contribution in [-0.2, 0) is 13.6 Å². The van der Waals surface area contributed by atoms with Crippen LogP contribution in [0.25, 0.3) is 0 Å². The third-order valence-corrected chi connectivity index (χ3v) is 3.40. The number of aryl methyl sites for hydroxylation is 1. The number of nitrogens with zero attached hydrogens (tertiary/aromatic N) is 4. The van der Waals surface area contributed by atoms with Crippen molar-refractivity contribution in [2.45, 2.75) is 53.5 Å². The summed E-state index contributed by atoms with van der Waals surface area (Å²) in [5.74, 6) is 3.35. The summed E-state index contributed by atoms with van der Waals surface area (Å²) >= 11 is 0. The van der Waals surface area contributed by atoms with Crippen molar-refractivity contribution >= 4 is 29.9 Å². The second kappa shape index (κ2) is 11.7. The molecule has 1 aromatic rings. The molecule has 0 bridgehead atoms. The molecule has 22 heavy (non-hydrogen) atoms. The molecule has 0 radical (unpaired) electrons. The van der Waals surface area contributed by atoms with Gasteiger partial charge in [0.2, 0.25) is 0 Å². The molecular formula is C15H31IN6. The molecule has 0 unspecified atom stereocenters. The molecule has 7 heteroatoms. The molecule has 128 valence electrons. The van der Waals surface area contributed by atoms with Gasteiger partial charge in [0, 0.05) is 20.1 Å². The number of guanidine groups is 1. The predicted molar refractivity (Wildman–Crippen MR) is 103 cm³/mol. The monoisotopic (exact) mass is 422 g/mol. The minimum Gasteiger partial charge on any atom is -0.356 e. The number of unbranched alkanes of at least 4 members (excludes halogenated alkanes) is 1. The molecule has 0 atom stereocenters. The van der Waals surface area contributed by atoms with E-state index in [1.54, 1.807) is 0 Å². The van der Waals surface area contributed by atoms with Crippen LogP contribution < -0.4 is 10.6 Å². The fourth-order valence-corrected chi connectivity index (χ4v) is 1.78. The summed E-state index contributed by atoms with van der Waals surface area (Å²) in [6.45, 7) is 11.0. The highest BCUT2D eigenvalue weighted by Gasteiger charge is 2.05. The van der Waals surface area contributed by atoms with Crippen LogP contribution in [0.3, 0.4) is 0 Å². The number of aliphatic imine (C=N–C) groups is 1. The van der Waals surface area contributed by atoms with Gasteiger partial charge in [-0.2, -0.15) is 0 Å². The number of rotatable bonds is 8. The van der Waals surface area contributed by atoms with Gasteiger partial charge in [-0.1, -0.05) is 27.2 Å². The molecule has 0 spiro atoms. The van der Waals surface area contributed by atoms with Gasteiger partial charge in [-0.25, -0.2) is 4.99 Å². The smallest absolute Gasteiger partial charge is 0.191 e. The maximum Gasteiger partial charge on any atom is 0.191 e. The minimum atomic E-state index is 0. The molecule has 0 aliphatic rings. The van der Waals surface area contributed by atoms with E-state index in [2.05, 4.69) is 46.6 Å². The van der Waals surface area contributed by atoms with E-state index >= 15 is 0 Å². The summed E-state index contributed by atoms with van der Waals surface area (Å²) in [5.41, 5.74) is 0. The van der Waals surface area contributed by atoms with Gasteiger partial charge in [0.1, 0.15) is 12.4 Å². The first-order valence-electron chi connectivity index (χ1n) is 7.91. The lowest BCUT2D eigenvalue weighted by Crippen LogP contribution is -2.38. The van der Waals surface area contributed by atoms with Gasteiger partial charge >= 0.3 is 0 Å². The molecule has 0 aliphatic carbocycles. The summed E-state index contributed by atoms with van der Waals surface area (Å²) in [7, 11) is 1.97. The first kappa shape index (κ1) is 21.1. The number of hydrogen-bond donors (Lipinski definition) is 2. The number of aromatic nitrogens is 3. The molecule has 2 N–H and O–H groups in total. The summed E-state index contributed by atoms with van der Waals surface area (Å²) in [6, 6.07) is 0. The third-order valence-electron chi connectivity index (χ3n) is 3.40. The van der Waals surface area contributed by atoms with Crippen molar-refractivity contribution in [2.75, 3.05) is 13.1 Å². The van der Waals surface area contributed by atoms with Crippen LogP contribution in [0.2, 0.25) is 0 Å². The van der Waals surface area contributed by atoms with E-state index in [0.29, 0.717) is 12.5 Å². The largest absolute Gasteiger partial charge is 0.356 e. The van der Waals surface area contributed by atoms with E-state index in [1.165, 1.54) is 6.42 Å². The number of hydrogen-bond acceptors (Lipinski definition) is 3. The van der Waals surface area contributed by atoms with Crippen LogP contribution in [0.5, 0.6) is 0 Å². The molecule has 0 amide bonds. The Balaban J connectivity index is 0.00000441. The predicted octanol–water partition coefficient (Wildman–Crippen LogP) is 2.62. The van der Waals surface area contributed by atoms with Crippen LogP contribution in [0, 0.1) is 12.8 Å². The molecule has 6 nitrogen and oxygen atoms in total. The fraction of sp³-hybridized carbons (Fsp3) is 0.800. The Hall–Kier alpha value is -0.860. The van der Waals surface area contributed by atoms with Crippen LogP contribution in [0.4, 0.5) is 0 Å². The first-order valence-corrected chi connectivity index (χ1v) is 7.91. The van der Waals surface area contributed by atoms with Gasteiger partial charge in [-0.15, -0.1) is 34.2 Å². The lowest BCUT2D eigenvalue weighted by Gasteiger charge is -2.13. The zero-order chi connectivity index (χ0) is 15.7. The Morgan fingerprint density at radius 1 is 1.23 bits per heavy atom. The van der Waals surface area contributed by atoms with Gasteiger partial charge in [0.05, 0.1) is 0 Å². The standard InChI is InChI=1S/C15H30N6.HI/c1-6-7-9-16-15(17-10-8-12(2)3)18-11-14-20-19-13(4)21(14)5;/h12H,6-11H2,1-5H3,(H2,16,17,18);1H. The molecule has 0 aromatic carbocycles. The summed E-state index contributed by atoms with van der Waals surface area (Å²) < 4.78 is 1.97. The van der Waals surface area contributed by atoms with Gasteiger partial charge in [0.15, 0.2) is 11.8 Å². The Morgan fingerprint density at radius 3 is 2.45 bits per heavy atom. The summed E-state index contributed by atoms with van der Waals surface area (Å²) in [6.07, 6.45) is 3.46. The van der Waals surface area contributed by atoms with Crippen molar-refractivity contribution in [1.82, 2.24) is 25.4 Å². The minimum absolute atomic E-state index is 0. The van der Waals surface area contributed by atoms with E-state index in [4.69, 9.17) is 0 Å². The topological polar surface area (TPSA) is 67.1 Å². The quantitative estimate of drug-likeness (QED) is 0.293. The average Bonchev–Trinajstić information content (AvgIpc) is 2.75. The van der Waals surface area contributed by atoms with E-state index in [-0.39, 0.29) is 24.0 Å². The Labute approximate surface area is 151 Å². The SMILES string of the molecule is CCCCNC(=NCc1nnc(C)n1C)NCCC(C)C.I. The highest BCUT2D eigenvalue weighted by molar-refractivity contribution is 14.0.